The maximum atomic E-state index is 11.6. The number of carbonyl (C=O) groups is 1. The van der Waals surface area contributed by atoms with Gasteiger partial charge >= 0.3 is 5.97 Å². The summed E-state index contributed by atoms with van der Waals surface area (Å²) in [5.74, 6) is -0.151. The molecule has 0 unspecified atom stereocenters. The minimum atomic E-state index is -0.480. The van der Waals surface area contributed by atoms with E-state index in [4.69, 9.17) is 9.47 Å². The highest BCUT2D eigenvalue weighted by atomic mass is 16.5. The fraction of sp³-hybridized carbons (Fsp3) is 0.914. The van der Waals surface area contributed by atoms with Gasteiger partial charge in [0.25, 0.3) is 0 Å². The summed E-state index contributed by atoms with van der Waals surface area (Å²) < 4.78 is 11.2. The Morgan fingerprint density at radius 3 is 1.63 bits per heavy atom. The number of hydrogen-bond donors (Lipinski definition) is 3. The van der Waals surface area contributed by atoms with Crippen LogP contribution in [0, 0.1) is 0 Å². The lowest BCUT2D eigenvalue weighted by atomic mass is 9.99. The second kappa shape index (κ2) is 22.6. The third kappa shape index (κ3) is 16.5. The summed E-state index contributed by atoms with van der Waals surface area (Å²) in [6.45, 7) is 4.15. The second-order valence-electron chi connectivity index (χ2n) is 12.9. The molecule has 41 heavy (non-hydrogen) atoms. The highest BCUT2D eigenvalue weighted by molar-refractivity contribution is 5.90. The molecular weight excluding hydrogens is 516 g/mol. The van der Waals surface area contributed by atoms with E-state index in [2.05, 4.69) is 6.92 Å². The van der Waals surface area contributed by atoms with Crippen LogP contribution in [0.1, 0.15) is 168 Å². The molecule has 6 nitrogen and oxygen atoms in total. The van der Waals surface area contributed by atoms with E-state index in [0.717, 1.165) is 95.5 Å². The van der Waals surface area contributed by atoms with Crippen molar-refractivity contribution in [2.24, 2.45) is 0 Å². The Morgan fingerprint density at radius 2 is 1.12 bits per heavy atom. The summed E-state index contributed by atoms with van der Waals surface area (Å²) in [7, 11) is 0. The summed E-state index contributed by atoms with van der Waals surface area (Å²) in [5, 5.41) is 31.5. The zero-order valence-electron chi connectivity index (χ0n) is 26.6. The van der Waals surface area contributed by atoms with Gasteiger partial charge in [0.2, 0.25) is 0 Å². The summed E-state index contributed by atoms with van der Waals surface area (Å²) in [6.07, 6.45) is 26.2. The van der Waals surface area contributed by atoms with Crippen LogP contribution >= 0.6 is 0 Å². The van der Waals surface area contributed by atoms with E-state index in [9.17, 15) is 20.1 Å². The van der Waals surface area contributed by atoms with Gasteiger partial charge < -0.3 is 24.8 Å². The highest BCUT2D eigenvalue weighted by Crippen LogP contribution is 2.28. The SMILES string of the molecule is CCCCCCCCCCCC[C@@H](O)[C@@H]1CC[C@H]([C@H](O)CCCC[C@H](O)CCCCCCCC2=C[C@H](C)OC2=O)O1. The number of cyclic esters (lactones) is 1. The molecule has 2 aliphatic rings. The third-order valence-corrected chi connectivity index (χ3v) is 9.06. The average molecular weight is 581 g/mol. The fourth-order valence-corrected chi connectivity index (χ4v) is 6.39. The molecule has 2 aliphatic heterocycles. The number of esters is 1. The Balaban J connectivity index is 1.39. The topological polar surface area (TPSA) is 96.2 Å². The Labute approximate surface area is 251 Å². The molecular formula is C35H64O6. The molecule has 6 heteroatoms. The molecule has 0 aromatic heterocycles. The number of aliphatic hydroxyl groups excluding tert-OH is 3. The number of aliphatic hydroxyl groups is 3. The Bertz CT molecular complexity index is 694. The smallest absolute Gasteiger partial charge is 0.334 e. The molecule has 1 fully saturated rings. The fourth-order valence-electron chi connectivity index (χ4n) is 6.39. The van der Waals surface area contributed by atoms with E-state index < -0.39 is 12.2 Å². The van der Waals surface area contributed by atoms with Gasteiger partial charge in [-0.3, -0.25) is 0 Å². The molecule has 0 spiro atoms. The van der Waals surface area contributed by atoms with Crippen LogP contribution < -0.4 is 0 Å². The zero-order valence-corrected chi connectivity index (χ0v) is 26.6. The maximum Gasteiger partial charge on any atom is 0.334 e. The standard InChI is InChI=1S/C35H64O6/c1-3-4-5-6-7-8-9-10-14-17-23-31(37)33-25-26-34(41-33)32(38)24-19-18-22-30(36)21-16-13-11-12-15-20-29-27-28(2)40-35(29)39/h27-28,30-34,36-38H,3-26H2,1-2H3/t28-,30+,31+,32+,33-,34+/m0/s1. The lowest BCUT2D eigenvalue weighted by Gasteiger charge is -2.22. The minimum absolute atomic E-state index is 0.0754. The Hall–Kier alpha value is -0.950. The van der Waals surface area contributed by atoms with Crippen LogP contribution in [0.2, 0.25) is 0 Å². The predicted molar refractivity (Wildman–Crippen MR) is 167 cm³/mol. The summed E-state index contributed by atoms with van der Waals surface area (Å²) in [5.41, 5.74) is 0.828. The van der Waals surface area contributed by atoms with E-state index in [-0.39, 0.29) is 30.4 Å². The number of ether oxygens (including phenoxy) is 2. The molecule has 0 aromatic carbocycles. The van der Waals surface area contributed by atoms with Crippen LogP contribution in [-0.2, 0) is 14.3 Å². The van der Waals surface area contributed by atoms with Gasteiger partial charge in [0.15, 0.2) is 0 Å². The van der Waals surface area contributed by atoms with E-state index in [0.29, 0.717) is 6.42 Å². The van der Waals surface area contributed by atoms with Gasteiger partial charge in [-0.25, -0.2) is 4.79 Å². The molecule has 0 aromatic rings. The summed E-state index contributed by atoms with van der Waals surface area (Å²) in [4.78, 5) is 11.6. The molecule has 1 saturated heterocycles. The van der Waals surface area contributed by atoms with Crippen molar-refractivity contribution in [1.29, 1.82) is 0 Å². The van der Waals surface area contributed by atoms with Gasteiger partial charge in [-0.05, 0) is 64.4 Å². The molecule has 0 amide bonds. The molecule has 2 heterocycles. The molecule has 0 aliphatic carbocycles. The third-order valence-electron chi connectivity index (χ3n) is 9.06. The highest BCUT2D eigenvalue weighted by Gasteiger charge is 2.34. The van der Waals surface area contributed by atoms with Crippen molar-refractivity contribution in [2.45, 2.75) is 205 Å². The van der Waals surface area contributed by atoms with Gasteiger partial charge in [-0.15, -0.1) is 0 Å². The predicted octanol–water partition coefficient (Wildman–Crippen LogP) is 8.09. The first-order valence-electron chi connectivity index (χ1n) is 17.5. The van der Waals surface area contributed by atoms with Crippen molar-refractivity contribution >= 4 is 5.97 Å². The van der Waals surface area contributed by atoms with Gasteiger partial charge in [0.05, 0.1) is 30.5 Å². The quantitative estimate of drug-likeness (QED) is 0.0707. The first kappa shape index (κ1) is 36.2. The lowest BCUT2D eigenvalue weighted by molar-refractivity contribution is -0.139. The number of rotatable bonds is 26. The minimum Gasteiger partial charge on any atom is -0.455 e. The van der Waals surface area contributed by atoms with Crippen LogP contribution in [0.5, 0.6) is 0 Å². The second-order valence-corrected chi connectivity index (χ2v) is 12.9. The largest absolute Gasteiger partial charge is 0.455 e. The van der Waals surface area contributed by atoms with E-state index in [1.807, 2.05) is 13.0 Å². The van der Waals surface area contributed by atoms with Crippen LogP contribution in [0.25, 0.3) is 0 Å². The van der Waals surface area contributed by atoms with Crippen molar-refractivity contribution in [3.8, 4) is 0 Å². The first-order valence-corrected chi connectivity index (χ1v) is 17.5. The van der Waals surface area contributed by atoms with Crippen molar-refractivity contribution in [1.82, 2.24) is 0 Å². The molecule has 0 saturated carbocycles. The normalized spacial score (nSPS) is 23.0. The first-order chi connectivity index (χ1) is 19.9. The Morgan fingerprint density at radius 1 is 0.683 bits per heavy atom. The molecule has 0 radical (unpaired) electrons. The number of hydrogen-bond acceptors (Lipinski definition) is 6. The number of carbonyl (C=O) groups excluding carboxylic acids is 1. The number of unbranched alkanes of at least 4 members (excludes halogenated alkanes) is 14. The van der Waals surface area contributed by atoms with E-state index in [1.165, 1.54) is 57.8 Å². The zero-order chi connectivity index (χ0) is 29.7. The monoisotopic (exact) mass is 580 g/mol. The molecule has 240 valence electrons. The average Bonchev–Trinajstić information content (AvgIpc) is 3.57. The summed E-state index contributed by atoms with van der Waals surface area (Å²) in [6, 6.07) is 0. The van der Waals surface area contributed by atoms with Crippen molar-refractivity contribution in [2.75, 3.05) is 0 Å². The van der Waals surface area contributed by atoms with Gasteiger partial charge in [0.1, 0.15) is 6.10 Å². The van der Waals surface area contributed by atoms with E-state index in [1.54, 1.807) is 0 Å². The van der Waals surface area contributed by atoms with Crippen LogP contribution in [0.4, 0.5) is 0 Å². The van der Waals surface area contributed by atoms with Crippen LogP contribution in [-0.4, -0.2) is 57.9 Å². The van der Waals surface area contributed by atoms with Crippen LogP contribution in [0.3, 0.4) is 0 Å². The maximum absolute atomic E-state index is 11.6. The van der Waals surface area contributed by atoms with Crippen molar-refractivity contribution in [3.05, 3.63) is 11.6 Å². The van der Waals surface area contributed by atoms with E-state index >= 15 is 0 Å². The molecule has 2 rings (SSSR count). The van der Waals surface area contributed by atoms with Crippen molar-refractivity contribution < 1.29 is 29.6 Å². The molecule has 6 atom stereocenters. The summed E-state index contributed by atoms with van der Waals surface area (Å²) >= 11 is 0. The molecule has 0 bridgehead atoms. The van der Waals surface area contributed by atoms with Gasteiger partial charge in [0, 0.05) is 5.57 Å². The van der Waals surface area contributed by atoms with Crippen LogP contribution in [0.15, 0.2) is 11.6 Å². The van der Waals surface area contributed by atoms with Gasteiger partial charge in [-0.2, -0.15) is 0 Å². The molecule has 3 N–H and O–H groups in total. The van der Waals surface area contributed by atoms with Gasteiger partial charge in [-0.1, -0.05) is 110 Å². The Kier molecular flexibility index (Phi) is 20.0. The van der Waals surface area contributed by atoms with Crippen molar-refractivity contribution in [3.63, 3.8) is 0 Å². The lowest BCUT2D eigenvalue weighted by Crippen LogP contribution is -2.31.